The monoisotopic (exact) mass is 324 g/mol. The summed E-state index contributed by atoms with van der Waals surface area (Å²) in [4.78, 5) is 0.0108. The predicted molar refractivity (Wildman–Crippen MR) is 79.0 cm³/mol. The van der Waals surface area contributed by atoms with Crippen molar-refractivity contribution in [3.8, 4) is 0 Å². The third kappa shape index (κ3) is 2.52. The summed E-state index contributed by atoms with van der Waals surface area (Å²) in [5, 5.41) is 0. The van der Waals surface area contributed by atoms with Gasteiger partial charge in [-0.15, -0.1) is 0 Å². The molecule has 1 heterocycles. The van der Waals surface area contributed by atoms with Crippen LogP contribution in [0.25, 0.3) is 11.0 Å². The molecule has 21 heavy (non-hydrogen) atoms. The van der Waals surface area contributed by atoms with E-state index in [0.29, 0.717) is 11.0 Å². The molecule has 3 aromatic rings. The van der Waals surface area contributed by atoms with E-state index in [4.69, 9.17) is 5.73 Å². The van der Waals surface area contributed by atoms with E-state index in [0.717, 1.165) is 17.8 Å². The number of hydrogen-bond acceptors (Lipinski definition) is 6. The molecule has 2 aromatic carbocycles. The van der Waals surface area contributed by atoms with Gasteiger partial charge in [-0.05, 0) is 30.3 Å². The van der Waals surface area contributed by atoms with E-state index in [1.54, 1.807) is 12.1 Å². The number of sulfonamides is 1. The number of nitrogens with one attached hydrogen (secondary N) is 1. The first-order chi connectivity index (χ1) is 9.97. The number of aromatic nitrogens is 2. The number of nitrogen functional groups attached to an aromatic ring is 1. The third-order valence-corrected chi connectivity index (χ3v) is 4.74. The maximum absolute atomic E-state index is 13.1. The first-order valence-electron chi connectivity index (χ1n) is 5.76. The Hall–Kier alpha value is -2.26. The number of benzene rings is 2. The van der Waals surface area contributed by atoms with E-state index >= 15 is 0 Å². The Morgan fingerprint density at radius 3 is 2.76 bits per heavy atom. The highest BCUT2D eigenvalue weighted by Gasteiger charge is 2.19. The third-order valence-electron chi connectivity index (χ3n) is 2.79. The van der Waals surface area contributed by atoms with Crippen LogP contribution in [0.15, 0.2) is 41.3 Å². The topological polar surface area (TPSA) is 98.0 Å². The number of rotatable bonds is 3. The zero-order valence-corrected chi connectivity index (χ0v) is 12.1. The summed E-state index contributed by atoms with van der Waals surface area (Å²) < 4.78 is 48.2. The Kier molecular flexibility index (Phi) is 3.22. The highest BCUT2D eigenvalue weighted by molar-refractivity contribution is 7.93. The molecule has 1 aromatic heterocycles. The standard InChI is InChI=1S/C12H9FN4O2S2/c13-8-5-4-7(6-9(8)14)17-21(18,19)11-3-1-2-10-12(11)16-20-15-10/h1-6,17H,14H2. The van der Waals surface area contributed by atoms with Crippen LogP contribution in [0.4, 0.5) is 15.8 Å². The largest absolute Gasteiger partial charge is 0.396 e. The van der Waals surface area contributed by atoms with Gasteiger partial charge in [0.2, 0.25) is 0 Å². The van der Waals surface area contributed by atoms with Gasteiger partial charge in [0.25, 0.3) is 10.0 Å². The first-order valence-corrected chi connectivity index (χ1v) is 7.98. The second-order valence-corrected chi connectivity index (χ2v) is 6.41. The van der Waals surface area contributed by atoms with E-state index in [2.05, 4.69) is 13.5 Å². The van der Waals surface area contributed by atoms with Gasteiger partial charge in [0, 0.05) is 0 Å². The van der Waals surface area contributed by atoms with Gasteiger partial charge >= 0.3 is 0 Å². The lowest BCUT2D eigenvalue weighted by Crippen LogP contribution is -2.13. The molecule has 9 heteroatoms. The molecule has 108 valence electrons. The Morgan fingerprint density at radius 1 is 1.19 bits per heavy atom. The van der Waals surface area contributed by atoms with Gasteiger partial charge in [0.05, 0.1) is 23.1 Å². The molecule has 0 fully saturated rings. The smallest absolute Gasteiger partial charge is 0.264 e. The lowest BCUT2D eigenvalue weighted by atomic mass is 10.3. The highest BCUT2D eigenvalue weighted by atomic mass is 32.2. The molecule has 3 N–H and O–H groups in total. The summed E-state index contributed by atoms with van der Waals surface area (Å²) in [6.45, 7) is 0. The van der Waals surface area contributed by atoms with Gasteiger partial charge < -0.3 is 5.73 Å². The predicted octanol–water partition coefficient (Wildman–Crippen LogP) is 2.21. The summed E-state index contributed by atoms with van der Waals surface area (Å²) in [6, 6.07) is 8.29. The van der Waals surface area contributed by atoms with Crippen molar-refractivity contribution in [3.05, 3.63) is 42.2 Å². The van der Waals surface area contributed by atoms with Gasteiger partial charge in [-0.25, -0.2) is 12.8 Å². The van der Waals surface area contributed by atoms with Gasteiger partial charge in [-0.3, -0.25) is 4.72 Å². The zero-order valence-electron chi connectivity index (χ0n) is 10.4. The van der Waals surface area contributed by atoms with Crippen LogP contribution in [-0.2, 0) is 10.0 Å². The average Bonchev–Trinajstić information content (AvgIpc) is 2.90. The van der Waals surface area contributed by atoms with Crippen molar-refractivity contribution in [1.29, 1.82) is 0 Å². The van der Waals surface area contributed by atoms with Crippen LogP contribution < -0.4 is 10.5 Å². The number of anilines is 2. The minimum Gasteiger partial charge on any atom is -0.396 e. The van der Waals surface area contributed by atoms with E-state index in [-0.39, 0.29) is 16.3 Å². The van der Waals surface area contributed by atoms with Crippen molar-refractivity contribution in [1.82, 2.24) is 8.75 Å². The fraction of sp³-hybridized carbons (Fsp3) is 0. The summed E-state index contributed by atoms with van der Waals surface area (Å²) in [7, 11) is -3.86. The molecule has 0 amide bonds. The van der Waals surface area contributed by atoms with Crippen LogP contribution in [0.5, 0.6) is 0 Å². The van der Waals surface area contributed by atoms with Crippen LogP contribution in [0.1, 0.15) is 0 Å². The Bertz CT molecular complexity index is 924. The van der Waals surface area contributed by atoms with Crippen LogP contribution in [0, 0.1) is 5.82 Å². The van der Waals surface area contributed by atoms with E-state index < -0.39 is 15.8 Å². The van der Waals surface area contributed by atoms with E-state index in [1.165, 1.54) is 18.2 Å². The molecule has 0 radical (unpaired) electrons. The van der Waals surface area contributed by atoms with Gasteiger partial charge in [0.1, 0.15) is 21.7 Å². The molecule has 0 saturated carbocycles. The van der Waals surface area contributed by atoms with Crippen molar-refractivity contribution in [2.75, 3.05) is 10.5 Å². The van der Waals surface area contributed by atoms with Gasteiger partial charge in [-0.2, -0.15) is 8.75 Å². The molecule has 0 aliphatic carbocycles. The maximum atomic E-state index is 13.1. The number of hydrogen-bond donors (Lipinski definition) is 2. The van der Waals surface area contributed by atoms with Crippen molar-refractivity contribution in [2.24, 2.45) is 0 Å². The Labute approximate surface area is 123 Å². The molecule has 0 spiro atoms. The van der Waals surface area contributed by atoms with Crippen molar-refractivity contribution < 1.29 is 12.8 Å². The SMILES string of the molecule is Nc1cc(NS(=O)(=O)c2cccc3nsnc23)ccc1F. The number of fused-ring (bicyclic) bond motifs is 1. The molecular weight excluding hydrogens is 315 g/mol. The molecule has 0 saturated heterocycles. The van der Waals surface area contributed by atoms with Crippen LogP contribution in [-0.4, -0.2) is 17.2 Å². The van der Waals surface area contributed by atoms with Crippen LogP contribution >= 0.6 is 11.7 Å². The summed E-state index contributed by atoms with van der Waals surface area (Å²) in [6.07, 6.45) is 0. The van der Waals surface area contributed by atoms with Crippen molar-refractivity contribution in [2.45, 2.75) is 4.90 Å². The quantitative estimate of drug-likeness (QED) is 0.720. The minimum atomic E-state index is -3.86. The second-order valence-electron chi connectivity index (χ2n) is 4.23. The van der Waals surface area contributed by atoms with Crippen LogP contribution in [0.3, 0.4) is 0 Å². The molecule has 0 atom stereocenters. The fourth-order valence-corrected chi connectivity index (χ4v) is 3.63. The summed E-state index contributed by atoms with van der Waals surface area (Å²) in [5.41, 5.74) is 6.26. The molecule has 0 aliphatic heterocycles. The Balaban J connectivity index is 2.04. The lowest BCUT2D eigenvalue weighted by molar-refractivity contribution is 0.601. The van der Waals surface area contributed by atoms with Crippen LogP contribution in [0.2, 0.25) is 0 Å². The average molecular weight is 324 g/mol. The zero-order chi connectivity index (χ0) is 15.0. The van der Waals surface area contributed by atoms with E-state index in [9.17, 15) is 12.8 Å². The molecule has 6 nitrogen and oxygen atoms in total. The normalized spacial score (nSPS) is 11.7. The molecular formula is C12H9FN4O2S2. The van der Waals surface area contributed by atoms with Crippen molar-refractivity contribution in [3.63, 3.8) is 0 Å². The van der Waals surface area contributed by atoms with Gasteiger partial charge in [0.15, 0.2) is 0 Å². The van der Waals surface area contributed by atoms with E-state index in [1.807, 2.05) is 0 Å². The summed E-state index contributed by atoms with van der Waals surface area (Å²) >= 11 is 0.932. The molecule has 0 bridgehead atoms. The maximum Gasteiger partial charge on any atom is 0.264 e. The number of nitrogens with zero attached hydrogens (tertiary/aromatic N) is 2. The van der Waals surface area contributed by atoms with Crippen molar-refractivity contribution >= 4 is 44.2 Å². The number of halogens is 1. The summed E-state index contributed by atoms with van der Waals surface area (Å²) in [5.74, 6) is -0.608. The first kappa shape index (κ1) is 13.7. The number of nitrogens with two attached hydrogens (primary N) is 1. The lowest BCUT2D eigenvalue weighted by Gasteiger charge is -2.09. The highest BCUT2D eigenvalue weighted by Crippen LogP contribution is 2.24. The molecule has 0 aliphatic rings. The second kappa shape index (κ2) is 4.93. The molecule has 0 unspecified atom stereocenters. The van der Waals surface area contributed by atoms with Gasteiger partial charge in [-0.1, -0.05) is 6.07 Å². The minimum absolute atomic E-state index is 0.0108. The Morgan fingerprint density at radius 2 is 2.00 bits per heavy atom. The fourth-order valence-electron chi connectivity index (χ4n) is 1.82. The molecule has 3 rings (SSSR count).